The first-order valence-electron chi connectivity index (χ1n) is 8.27. The van der Waals surface area contributed by atoms with Gasteiger partial charge in [-0.1, -0.05) is 6.07 Å². The van der Waals surface area contributed by atoms with Crippen molar-refractivity contribution in [3.8, 4) is 5.75 Å². The molecule has 0 amide bonds. The number of nitrogens with zero attached hydrogens (tertiary/aromatic N) is 2. The highest BCUT2D eigenvalue weighted by molar-refractivity contribution is 5.51. The predicted molar refractivity (Wildman–Crippen MR) is 87.0 cm³/mol. The molecule has 0 aromatic heterocycles. The number of likely N-dealkylation sites (tertiary alicyclic amines) is 1. The van der Waals surface area contributed by atoms with Gasteiger partial charge in [-0.3, -0.25) is 4.90 Å². The zero-order valence-corrected chi connectivity index (χ0v) is 12.8. The van der Waals surface area contributed by atoms with Crippen LogP contribution >= 0.6 is 0 Å². The van der Waals surface area contributed by atoms with Crippen molar-refractivity contribution in [3.05, 3.63) is 24.3 Å². The molecule has 21 heavy (non-hydrogen) atoms. The third kappa shape index (κ3) is 4.11. The van der Waals surface area contributed by atoms with Crippen LogP contribution in [0.4, 0.5) is 5.69 Å². The number of ether oxygens (including phenoxy) is 1. The van der Waals surface area contributed by atoms with Crippen molar-refractivity contribution in [1.29, 1.82) is 0 Å². The Balaban J connectivity index is 1.52. The number of piperidine rings is 1. The van der Waals surface area contributed by atoms with Gasteiger partial charge < -0.3 is 15.4 Å². The Morgan fingerprint density at radius 3 is 2.81 bits per heavy atom. The van der Waals surface area contributed by atoms with Crippen LogP contribution in [0.3, 0.4) is 0 Å². The van der Waals surface area contributed by atoms with Gasteiger partial charge in [-0.25, -0.2) is 0 Å². The number of hydrogen-bond acceptors (Lipinski definition) is 4. The van der Waals surface area contributed by atoms with Gasteiger partial charge in [-0.05, 0) is 50.9 Å². The predicted octanol–water partition coefficient (Wildman–Crippen LogP) is 2.09. The van der Waals surface area contributed by atoms with E-state index in [0.29, 0.717) is 6.04 Å². The molecule has 0 spiro atoms. The molecule has 2 saturated heterocycles. The molecule has 2 aliphatic rings. The molecule has 0 saturated carbocycles. The molecule has 3 rings (SSSR count). The Morgan fingerprint density at radius 1 is 1.14 bits per heavy atom. The third-order valence-electron chi connectivity index (χ3n) is 4.52. The average Bonchev–Trinajstić information content (AvgIpc) is 3.01. The summed E-state index contributed by atoms with van der Waals surface area (Å²) in [5.41, 5.74) is 7.31. The maximum Gasteiger partial charge on any atom is 0.121 e. The topological polar surface area (TPSA) is 41.7 Å². The van der Waals surface area contributed by atoms with E-state index in [1.165, 1.54) is 38.0 Å². The number of rotatable bonds is 5. The van der Waals surface area contributed by atoms with Gasteiger partial charge in [0.1, 0.15) is 12.4 Å². The second-order valence-electron chi connectivity index (χ2n) is 6.24. The number of hydrogen-bond donors (Lipinski definition) is 1. The molecular formula is C17H27N3O. The van der Waals surface area contributed by atoms with Crippen molar-refractivity contribution in [2.75, 3.05) is 44.2 Å². The van der Waals surface area contributed by atoms with Gasteiger partial charge in [0.05, 0.1) is 0 Å². The number of benzene rings is 1. The molecule has 116 valence electrons. The first kappa shape index (κ1) is 14.7. The Labute approximate surface area is 127 Å². The summed E-state index contributed by atoms with van der Waals surface area (Å²) < 4.78 is 5.93. The van der Waals surface area contributed by atoms with Crippen LogP contribution < -0.4 is 15.4 Å². The highest BCUT2D eigenvalue weighted by Crippen LogP contribution is 2.24. The van der Waals surface area contributed by atoms with E-state index in [-0.39, 0.29) is 0 Å². The fourth-order valence-electron chi connectivity index (χ4n) is 3.31. The molecule has 0 aliphatic carbocycles. The lowest BCUT2D eigenvalue weighted by Crippen LogP contribution is -2.42. The molecule has 1 unspecified atom stereocenters. The van der Waals surface area contributed by atoms with Crippen molar-refractivity contribution in [2.24, 2.45) is 5.73 Å². The van der Waals surface area contributed by atoms with E-state index < -0.39 is 0 Å². The van der Waals surface area contributed by atoms with Crippen LogP contribution in [0, 0.1) is 0 Å². The summed E-state index contributed by atoms with van der Waals surface area (Å²) in [5.74, 6) is 0.978. The number of nitrogens with two attached hydrogens (primary N) is 1. The van der Waals surface area contributed by atoms with Gasteiger partial charge in [0.15, 0.2) is 0 Å². The van der Waals surface area contributed by atoms with Crippen LogP contribution in [0.2, 0.25) is 0 Å². The minimum atomic E-state index is 0.304. The van der Waals surface area contributed by atoms with Crippen molar-refractivity contribution < 1.29 is 4.74 Å². The third-order valence-corrected chi connectivity index (χ3v) is 4.52. The van der Waals surface area contributed by atoms with Crippen LogP contribution in [0.5, 0.6) is 5.75 Å². The van der Waals surface area contributed by atoms with Gasteiger partial charge in [0.2, 0.25) is 0 Å². The number of anilines is 1. The van der Waals surface area contributed by atoms with E-state index in [4.69, 9.17) is 10.5 Å². The maximum atomic E-state index is 6.07. The molecule has 2 aliphatic heterocycles. The fourth-order valence-corrected chi connectivity index (χ4v) is 3.31. The normalized spacial score (nSPS) is 23.5. The quantitative estimate of drug-likeness (QED) is 0.901. The molecule has 2 heterocycles. The first-order chi connectivity index (χ1) is 10.3. The van der Waals surface area contributed by atoms with E-state index in [0.717, 1.165) is 38.4 Å². The van der Waals surface area contributed by atoms with Crippen molar-refractivity contribution in [1.82, 2.24) is 4.90 Å². The maximum absolute atomic E-state index is 6.07. The van der Waals surface area contributed by atoms with Crippen LogP contribution in [0.1, 0.15) is 25.7 Å². The lowest BCUT2D eigenvalue weighted by Gasteiger charge is -2.32. The summed E-state index contributed by atoms with van der Waals surface area (Å²) in [6.07, 6.45) is 5.00. The largest absolute Gasteiger partial charge is 0.492 e. The highest BCUT2D eigenvalue weighted by Gasteiger charge is 2.17. The Morgan fingerprint density at radius 2 is 2.00 bits per heavy atom. The van der Waals surface area contributed by atoms with E-state index in [9.17, 15) is 0 Å². The molecular weight excluding hydrogens is 262 g/mol. The van der Waals surface area contributed by atoms with E-state index in [2.05, 4.69) is 34.1 Å². The van der Waals surface area contributed by atoms with Crippen LogP contribution in [0.15, 0.2) is 24.3 Å². The zero-order valence-electron chi connectivity index (χ0n) is 12.8. The van der Waals surface area contributed by atoms with E-state index in [1.54, 1.807) is 0 Å². The molecule has 4 nitrogen and oxygen atoms in total. The Kier molecular flexibility index (Phi) is 4.99. The lowest BCUT2D eigenvalue weighted by molar-refractivity contribution is 0.238. The molecule has 1 atom stereocenters. The van der Waals surface area contributed by atoms with Crippen LogP contribution in [0.25, 0.3) is 0 Å². The zero-order chi connectivity index (χ0) is 14.5. The fraction of sp³-hybridized carbons (Fsp3) is 0.647. The molecule has 2 N–H and O–H groups in total. The Hall–Kier alpha value is -1.26. The summed E-state index contributed by atoms with van der Waals surface area (Å²) in [4.78, 5) is 4.86. The molecule has 4 heteroatoms. The highest BCUT2D eigenvalue weighted by atomic mass is 16.5. The molecule has 0 radical (unpaired) electrons. The van der Waals surface area contributed by atoms with E-state index in [1.807, 2.05) is 0 Å². The summed E-state index contributed by atoms with van der Waals surface area (Å²) in [5, 5.41) is 0. The molecule has 2 fully saturated rings. The van der Waals surface area contributed by atoms with Crippen LogP contribution in [-0.4, -0.2) is 50.3 Å². The smallest absolute Gasteiger partial charge is 0.121 e. The van der Waals surface area contributed by atoms with Crippen molar-refractivity contribution >= 4 is 5.69 Å². The summed E-state index contributed by atoms with van der Waals surface area (Å²) in [7, 11) is 0. The second kappa shape index (κ2) is 7.14. The lowest BCUT2D eigenvalue weighted by atomic mass is 10.1. The SMILES string of the molecule is NC1CCCN(c2cccc(OCCN3CCCC3)c2)C1. The van der Waals surface area contributed by atoms with Gasteiger partial charge in [0.25, 0.3) is 0 Å². The summed E-state index contributed by atoms with van der Waals surface area (Å²) >= 11 is 0. The standard InChI is InChI=1S/C17H27N3O/c18-15-5-4-10-20(14-15)16-6-3-7-17(13-16)21-12-11-19-8-1-2-9-19/h3,6-7,13,15H,1-2,4-5,8-12,14,18H2. The van der Waals surface area contributed by atoms with Gasteiger partial charge in [0, 0.05) is 37.4 Å². The minimum absolute atomic E-state index is 0.304. The molecule has 1 aromatic carbocycles. The van der Waals surface area contributed by atoms with Crippen molar-refractivity contribution in [3.63, 3.8) is 0 Å². The van der Waals surface area contributed by atoms with Crippen molar-refractivity contribution in [2.45, 2.75) is 31.7 Å². The Bertz CT molecular complexity index is 445. The first-order valence-corrected chi connectivity index (χ1v) is 8.27. The van der Waals surface area contributed by atoms with Crippen LogP contribution in [-0.2, 0) is 0 Å². The van der Waals surface area contributed by atoms with Gasteiger partial charge in [-0.15, -0.1) is 0 Å². The summed E-state index contributed by atoms with van der Waals surface area (Å²) in [6.45, 7) is 6.34. The monoisotopic (exact) mass is 289 g/mol. The average molecular weight is 289 g/mol. The van der Waals surface area contributed by atoms with Gasteiger partial charge >= 0.3 is 0 Å². The second-order valence-corrected chi connectivity index (χ2v) is 6.24. The molecule has 0 bridgehead atoms. The van der Waals surface area contributed by atoms with Gasteiger partial charge in [-0.2, -0.15) is 0 Å². The van der Waals surface area contributed by atoms with E-state index >= 15 is 0 Å². The molecule has 1 aromatic rings. The minimum Gasteiger partial charge on any atom is -0.492 e. The summed E-state index contributed by atoms with van der Waals surface area (Å²) in [6, 6.07) is 8.75.